The monoisotopic (exact) mass is 422 g/mol. The lowest BCUT2D eigenvalue weighted by Crippen LogP contribution is -2.43. The Morgan fingerprint density at radius 3 is 2.34 bits per heavy atom. The minimum absolute atomic E-state index is 0.210. The van der Waals surface area contributed by atoms with E-state index in [1.807, 2.05) is 6.92 Å². The van der Waals surface area contributed by atoms with Crippen LogP contribution in [0.3, 0.4) is 0 Å². The van der Waals surface area contributed by atoms with E-state index in [4.69, 9.17) is 4.74 Å². The Labute approximate surface area is 170 Å². The van der Waals surface area contributed by atoms with Crippen LogP contribution in [0.5, 0.6) is 0 Å². The minimum Gasteiger partial charge on any atom is -0.454 e. The standard InChI is InChI=1S/C20H26N2O6S/c1-13-10-14(2)19(15(3)11-13)29(26,27)22-9-4-6-16(22)20(25)28-12-18(24)21-8-5-7-17(21)23/h10-11,16H,4-9,12H2,1-3H3. The summed E-state index contributed by atoms with van der Waals surface area (Å²) in [5, 5.41) is 0. The number of esters is 1. The fourth-order valence-corrected chi connectivity index (χ4v) is 6.24. The van der Waals surface area contributed by atoms with Crippen LogP contribution in [0.25, 0.3) is 0 Å². The number of likely N-dealkylation sites (tertiary alicyclic amines) is 1. The van der Waals surface area contributed by atoms with Gasteiger partial charge in [-0.3, -0.25) is 19.3 Å². The van der Waals surface area contributed by atoms with Crippen molar-refractivity contribution < 1.29 is 27.5 Å². The summed E-state index contributed by atoms with van der Waals surface area (Å²) in [5.41, 5.74) is 2.22. The number of carbonyl (C=O) groups excluding carboxylic acids is 3. The van der Waals surface area contributed by atoms with Gasteiger partial charge in [-0.2, -0.15) is 4.31 Å². The molecular weight excluding hydrogens is 396 g/mol. The third-order valence-electron chi connectivity index (χ3n) is 5.36. The number of sulfonamides is 1. The fraction of sp³-hybridized carbons (Fsp3) is 0.550. The molecule has 2 saturated heterocycles. The molecule has 0 bridgehead atoms. The van der Waals surface area contributed by atoms with Crippen LogP contribution in [0.2, 0.25) is 0 Å². The normalized spacial score (nSPS) is 20.3. The molecule has 1 aromatic carbocycles. The molecule has 0 aliphatic carbocycles. The number of aryl methyl sites for hydroxylation is 3. The number of hydrogen-bond acceptors (Lipinski definition) is 6. The smallest absolute Gasteiger partial charge is 0.324 e. The molecule has 2 aliphatic rings. The van der Waals surface area contributed by atoms with Gasteiger partial charge >= 0.3 is 5.97 Å². The zero-order valence-electron chi connectivity index (χ0n) is 16.9. The molecular formula is C20H26N2O6S. The first kappa shape index (κ1) is 21.4. The van der Waals surface area contributed by atoms with Crippen molar-refractivity contribution in [3.05, 3.63) is 28.8 Å². The summed E-state index contributed by atoms with van der Waals surface area (Å²) in [7, 11) is -3.89. The van der Waals surface area contributed by atoms with Crippen molar-refractivity contribution in [1.29, 1.82) is 0 Å². The van der Waals surface area contributed by atoms with Crippen molar-refractivity contribution in [3.8, 4) is 0 Å². The van der Waals surface area contributed by atoms with Gasteiger partial charge in [0.1, 0.15) is 6.04 Å². The lowest BCUT2D eigenvalue weighted by Gasteiger charge is -2.25. The second-order valence-corrected chi connectivity index (χ2v) is 9.48. The number of carbonyl (C=O) groups is 3. The summed E-state index contributed by atoms with van der Waals surface area (Å²) in [5.74, 6) is -1.60. The second kappa shape index (κ2) is 8.23. The Kier molecular flexibility index (Phi) is 6.09. The van der Waals surface area contributed by atoms with Crippen LogP contribution in [0, 0.1) is 20.8 Å². The van der Waals surface area contributed by atoms with E-state index in [1.54, 1.807) is 26.0 Å². The zero-order valence-corrected chi connectivity index (χ0v) is 17.8. The average molecular weight is 423 g/mol. The van der Waals surface area contributed by atoms with E-state index >= 15 is 0 Å². The van der Waals surface area contributed by atoms with Gasteiger partial charge in [-0.15, -0.1) is 0 Å². The van der Waals surface area contributed by atoms with E-state index in [2.05, 4.69) is 0 Å². The minimum atomic E-state index is -3.89. The first-order valence-electron chi connectivity index (χ1n) is 9.72. The molecule has 0 aromatic heterocycles. The van der Waals surface area contributed by atoms with Crippen molar-refractivity contribution >= 4 is 27.8 Å². The summed E-state index contributed by atoms with van der Waals surface area (Å²) in [4.78, 5) is 37.6. The molecule has 3 rings (SSSR count). The quantitative estimate of drug-likeness (QED) is 0.666. The molecule has 0 N–H and O–H groups in total. The fourth-order valence-electron chi connectivity index (χ4n) is 4.17. The molecule has 2 heterocycles. The number of rotatable bonds is 5. The van der Waals surface area contributed by atoms with Gasteiger partial charge in [0, 0.05) is 19.5 Å². The lowest BCUT2D eigenvalue weighted by atomic mass is 10.1. The van der Waals surface area contributed by atoms with Gasteiger partial charge in [-0.1, -0.05) is 17.7 Å². The van der Waals surface area contributed by atoms with E-state index < -0.39 is 34.5 Å². The van der Waals surface area contributed by atoms with Crippen molar-refractivity contribution in [2.45, 2.75) is 57.4 Å². The van der Waals surface area contributed by atoms with Gasteiger partial charge in [-0.05, 0) is 51.2 Å². The van der Waals surface area contributed by atoms with Gasteiger partial charge in [-0.25, -0.2) is 8.42 Å². The Morgan fingerprint density at radius 1 is 1.10 bits per heavy atom. The highest BCUT2D eigenvalue weighted by molar-refractivity contribution is 7.89. The second-order valence-electron chi connectivity index (χ2n) is 7.65. The Hall–Kier alpha value is -2.26. The Balaban J connectivity index is 1.74. The van der Waals surface area contributed by atoms with Crippen LogP contribution in [0.1, 0.15) is 42.4 Å². The van der Waals surface area contributed by atoms with Crippen molar-refractivity contribution in [2.24, 2.45) is 0 Å². The van der Waals surface area contributed by atoms with E-state index in [0.717, 1.165) is 10.5 Å². The van der Waals surface area contributed by atoms with Crippen molar-refractivity contribution in [1.82, 2.24) is 9.21 Å². The molecule has 2 aliphatic heterocycles. The van der Waals surface area contributed by atoms with Crippen LogP contribution < -0.4 is 0 Å². The largest absolute Gasteiger partial charge is 0.454 e. The number of nitrogens with zero attached hydrogens (tertiary/aromatic N) is 2. The third-order valence-corrected chi connectivity index (χ3v) is 7.57. The predicted octanol–water partition coefficient (Wildman–Crippen LogP) is 1.46. The highest BCUT2D eigenvalue weighted by Crippen LogP contribution is 2.31. The third kappa shape index (κ3) is 4.20. The number of ether oxygens (including phenoxy) is 1. The molecule has 0 saturated carbocycles. The van der Waals surface area contributed by atoms with E-state index in [9.17, 15) is 22.8 Å². The molecule has 9 heteroatoms. The molecule has 2 fully saturated rings. The molecule has 2 amide bonds. The lowest BCUT2D eigenvalue weighted by molar-refractivity contribution is -0.156. The maximum Gasteiger partial charge on any atom is 0.324 e. The van der Waals surface area contributed by atoms with Gasteiger partial charge in [0.25, 0.3) is 5.91 Å². The molecule has 158 valence electrons. The van der Waals surface area contributed by atoms with Crippen molar-refractivity contribution in [2.75, 3.05) is 19.7 Å². The molecule has 0 spiro atoms. The van der Waals surface area contributed by atoms with Crippen LogP contribution >= 0.6 is 0 Å². The maximum absolute atomic E-state index is 13.3. The summed E-state index contributed by atoms with van der Waals surface area (Å²) in [6, 6.07) is 2.63. The van der Waals surface area contributed by atoms with Crippen LogP contribution in [-0.2, 0) is 29.1 Å². The van der Waals surface area contributed by atoms with Crippen LogP contribution in [0.4, 0.5) is 0 Å². The molecule has 1 atom stereocenters. The highest BCUT2D eigenvalue weighted by Gasteiger charge is 2.42. The summed E-state index contributed by atoms with van der Waals surface area (Å²) >= 11 is 0. The summed E-state index contributed by atoms with van der Waals surface area (Å²) < 4.78 is 32.9. The molecule has 29 heavy (non-hydrogen) atoms. The predicted molar refractivity (Wildman–Crippen MR) is 104 cm³/mol. The SMILES string of the molecule is Cc1cc(C)c(S(=O)(=O)N2CCCC2C(=O)OCC(=O)N2CCCC2=O)c(C)c1. The number of benzene rings is 1. The van der Waals surface area contributed by atoms with Crippen LogP contribution in [-0.4, -0.2) is 61.1 Å². The number of hydrogen-bond donors (Lipinski definition) is 0. The van der Waals surface area contributed by atoms with Crippen LogP contribution in [0.15, 0.2) is 17.0 Å². The summed E-state index contributed by atoms with van der Waals surface area (Å²) in [6.45, 7) is 5.36. The zero-order chi connectivity index (χ0) is 21.3. The molecule has 1 unspecified atom stereocenters. The maximum atomic E-state index is 13.3. The average Bonchev–Trinajstić information content (AvgIpc) is 3.27. The summed E-state index contributed by atoms with van der Waals surface area (Å²) in [6.07, 6.45) is 1.77. The molecule has 1 aromatic rings. The van der Waals surface area contributed by atoms with Gasteiger partial charge in [0.2, 0.25) is 15.9 Å². The topological polar surface area (TPSA) is 101 Å². The van der Waals surface area contributed by atoms with E-state index in [-0.39, 0.29) is 17.3 Å². The van der Waals surface area contributed by atoms with E-state index in [1.165, 1.54) is 4.31 Å². The first-order valence-corrected chi connectivity index (χ1v) is 11.2. The molecule has 8 nitrogen and oxygen atoms in total. The number of imide groups is 1. The first-order chi connectivity index (χ1) is 13.6. The highest BCUT2D eigenvalue weighted by atomic mass is 32.2. The van der Waals surface area contributed by atoms with Gasteiger partial charge in [0.15, 0.2) is 6.61 Å². The van der Waals surface area contributed by atoms with Crippen molar-refractivity contribution in [3.63, 3.8) is 0 Å². The molecule has 0 radical (unpaired) electrons. The van der Waals surface area contributed by atoms with Gasteiger partial charge in [0.05, 0.1) is 4.90 Å². The van der Waals surface area contributed by atoms with E-state index in [0.29, 0.717) is 43.4 Å². The Bertz CT molecular complexity index is 933. The number of amides is 2. The van der Waals surface area contributed by atoms with Gasteiger partial charge < -0.3 is 4.74 Å². The Morgan fingerprint density at radius 2 is 1.76 bits per heavy atom.